The monoisotopic (exact) mass is 362 g/mol. The van der Waals surface area contributed by atoms with Gasteiger partial charge in [-0.2, -0.15) is 0 Å². The van der Waals surface area contributed by atoms with E-state index in [1.165, 1.54) is 6.92 Å². The Bertz CT molecular complexity index is 756. The van der Waals surface area contributed by atoms with Crippen molar-refractivity contribution in [2.24, 2.45) is 0 Å². The maximum Gasteiger partial charge on any atom is 1.00 e. The molecule has 1 saturated heterocycles. The molecule has 0 saturated carbocycles. The average molecular weight is 362 g/mol. The van der Waals surface area contributed by atoms with Gasteiger partial charge in [0.25, 0.3) is 5.91 Å². The van der Waals surface area contributed by atoms with Gasteiger partial charge in [0.05, 0.1) is 12.0 Å². The van der Waals surface area contributed by atoms with Gasteiger partial charge in [0, 0.05) is 0 Å². The van der Waals surface area contributed by atoms with Crippen LogP contribution in [0.25, 0.3) is 0 Å². The predicted molar refractivity (Wildman–Crippen MR) is 83.5 cm³/mol. The summed E-state index contributed by atoms with van der Waals surface area (Å²) in [5.74, 6) is -2.13. The molecule has 0 radical (unpaired) electrons. The van der Waals surface area contributed by atoms with E-state index < -0.39 is 29.5 Å². The first-order valence-electron chi connectivity index (χ1n) is 7.46. The smallest absolute Gasteiger partial charge is 0.548 e. The number of urea groups is 1. The van der Waals surface area contributed by atoms with Gasteiger partial charge < -0.3 is 15.2 Å². The Morgan fingerprint density at radius 2 is 1.44 bits per heavy atom. The molecule has 1 heterocycles. The molecule has 6 nitrogen and oxygen atoms in total. The molecule has 0 bridgehead atoms. The van der Waals surface area contributed by atoms with Gasteiger partial charge in [-0.25, -0.2) is 4.79 Å². The molecule has 1 fully saturated rings. The van der Waals surface area contributed by atoms with E-state index in [1.807, 2.05) is 0 Å². The standard InChI is InChI=1S/C18H16N2O4.K/c1-12(15(21)22)20-16(23)18(19-17(20)24,13-8-4-2-5-9-13)14-10-6-3-7-11-14;/h2-12H,1H3,(H,19,24)(H,21,22);/q;+1/p-1. The fourth-order valence-electron chi connectivity index (χ4n) is 2.94. The van der Waals surface area contributed by atoms with Crippen LogP contribution in [0.4, 0.5) is 4.79 Å². The minimum Gasteiger partial charge on any atom is -0.548 e. The first-order valence-corrected chi connectivity index (χ1v) is 7.46. The molecular weight excluding hydrogens is 347 g/mol. The second kappa shape index (κ2) is 7.80. The van der Waals surface area contributed by atoms with Crippen LogP contribution in [-0.4, -0.2) is 28.8 Å². The van der Waals surface area contributed by atoms with Crippen LogP contribution < -0.4 is 61.8 Å². The Morgan fingerprint density at radius 3 is 1.84 bits per heavy atom. The maximum absolute atomic E-state index is 13.1. The van der Waals surface area contributed by atoms with Crippen LogP contribution in [0.15, 0.2) is 60.7 Å². The molecule has 1 N–H and O–H groups in total. The van der Waals surface area contributed by atoms with Gasteiger partial charge >= 0.3 is 57.4 Å². The summed E-state index contributed by atoms with van der Waals surface area (Å²) in [7, 11) is 0. The summed E-state index contributed by atoms with van der Waals surface area (Å²) in [6, 6.07) is 15.4. The van der Waals surface area contributed by atoms with Gasteiger partial charge in [-0.15, -0.1) is 0 Å². The Labute approximate surface area is 187 Å². The van der Waals surface area contributed by atoms with Crippen molar-refractivity contribution in [2.75, 3.05) is 0 Å². The summed E-state index contributed by atoms with van der Waals surface area (Å²) in [4.78, 5) is 37.4. The van der Waals surface area contributed by atoms with Gasteiger partial charge in [-0.05, 0) is 18.1 Å². The summed E-state index contributed by atoms with van der Waals surface area (Å²) in [6.07, 6.45) is 0. The van der Waals surface area contributed by atoms with Gasteiger partial charge in [0.15, 0.2) is 5.54 Å². The van der Waals surface area contributed by atoms with Crippen molar-refractivity contribution < 1.29 is 70.9 Å². The third-order valence-electron chi connectivity index (χ3n) is 4.19. The predicted octanol–water partition coefficient (Wildman–Crippen LogP) is -2.38. The molecule has 2 aromatic carbocycles. The molecule has 2 aromatic rings. The number of imide groups is 1. The summed E-state index contributed by atoms with van der Waals surface area (Å²) >= 11 is 0. The van der Waals surface area contributed by atoms with Gasteiger partial charge in [0.2, 0.25) is 0 Å². The zero-order valence-corrected chi connectivity index (χ0v) is 17.1. The van der Waals surface area contributed by atoms with E-state index in [1.54, 1.807) is 60.7 Å². The fraction of sp³-hybridized carbons (Fsp3) is 0.167. The number of rotatable bonds is 4. The molecule has 1 atom stereocenters. The van der Waals surface area contributed by atoms with E-state index in [-0.39, 0.29) is 51.4 Å². The summed E-state index contributed by atoms with van der Waals surface area (Å²) < 4.78 is 0. The molecule has 122 valence electrons. The average Bonchev–Trinajstić information content (AvgIpc) is 2.87. The van der Waals surface area contributed by atoms with Crippen LogP contribution >= 0.6 is 0 Å². The number of amides is 3. The Kier molecular flexibility index (Phi) is 6.18. The number of aliphatic carboxylic acids is 1. The molecule has 0 spiro atoms. The maximum atomic E-state index is 13.1. The summed E-state index contributed by atoms with van der Waals surface area (Å²) in [5, 5.41) is 13.9. The first kappa shape index (κ1) is 19.8. The number of carbonyl (C=O) groups is 3. The molecular formula is C18H15KN2O4. The second-order valence-electron chi connectivity index (χ2n) is 5.58. The van der Waals surface area contributed by atoms with Crippen molar-refractivity contribution in [1.29, 1.82) is 0 Å². The fourth-order valence-corrected chi connectivity index (χ4v) is 2.94. The Balaban J connectivity index is 0.00000225. The van der Waals surface area contributed by atoms with Crippen LogP contribution in [0.3, 0.4) is 0 Å². The zero-order valence-electron chi connectivity index (χ0n) is 13.9. The molecule has 1 unspecified atom stereocenters. The number of benzene rings is 2. The van der Waals surface area contributed by atoms with Crippen molar-refractivity contribution in [1.82, 2.24) is 10.2 Å². The van der Waals surface area contributed by atoms with Crippen molar-refractivity contribution in [3.63, 3.8) is 0 Å². The number of carbonyl (C=O) groups excluding carboxylic acids is 3. The van der Waals surface area contributed by atoms with Gasteiger partial charge in [-0.3, -0.25) is 9.69 Å². The van der Waals surface area contributed by atoms with Gasteiger partial charge in [-0.1, -0.05) is 60.7 Å². The zero-order chi connectivity index (χ0) is 17.3. The molecule has 7 heteroatoms. The second-order valence-corrected chi connectivity index (χ2v) is 5.58. The Morgan fingerprint density at radius 1 is 1.00 bits per heavy atom. The van der Waals surface area contributed by atoms with Crippen molar-refractivity contribution in [3.05, 3.63) is 71.8 Å². The molecule has 25 heavy (non-hydrogen) atoms. The van der Waals surface area contributed by atoms with Crippen LogP contribution in [0, 0.1) is 0 Å². The summed E-state index contributed by atoms with van der Waals surface area (Å²) in [6.45, 7) is 1.25. The summed E-state index contributed by atoms with van der Waals surface area (Å²) in [5.41, 5.74) is -0.339. The minimum absolute atomic E-state index is 0. The van der Waals surface area contributed by atoms with Gasteiger partial charge in [0.1, 0.15) is 0 Å². The van der Waals surface area contributed by atoms with Crippen LogP contribution in [0.1, 0.15) is 18.1 Å². The number of carboxylic acids is 1. The van der Waals surface area contributed by atoms with Crippen LogP contribution in [0.2, 0.25) is 0 Å². The molecule has 3 amide bonds. The Hall–Kier alpha value is -1.51. The number of carboxylic acid groups (broad SMARTS) is 1. The first-order chi connectivity index (χ1) is 11.5. The number of nitrogens with one attached hydrogen (secondary N) is 1. The number of nitrogens with zero attached hydrogens (tertiary/aromatic N) is 1. The van der Waals surface area contributed by atoms with E-state index in [0.29, 0.717) is 16.0 Å². The topological polar surface area (TPSA) is 89.5 Å². The van der Waals surface area contributed by atoms with Crippen molar-refractivity contribution >= 4 is 17.9 Å². The SMILES string of the molecule is CC(C(=O)[O-])N1C(=O)NC(c2ccccc2)(c2ccccc2)C1=O.[K+]. The number of hydrogen-bond donors (Lipinski definition) is 1. The van der Waals surface area contributed by atoms with E-state index >= 15 is 0 Å². The third kappa shape index (κ3) is 3.30. The van der Waals surface area contributed by atoms with Crippen molar-refractivity contribution in [3.8, 4) is 0 Å². The molecule has 0 aromatic heterocycles. The van der Waals surface area contributed by atoms with E-state index in [9.17, 15) is 19.5 Å². The molecule has 1 aliphatic rings. The molecule has 0 aliphatic carbocycles. The largest absolute Gasteiger partial charge is 1.00 e. The minimum atomic E-state index is -1.49. The van der Waals surface area contributed by atoms with Crippen molar-refractivity contribution in [2.45, 2.75) is 18.5 Å². The molecule has 3 rings (SSSR count). The normalized spacial score (nSPS) is 16.8. The van der Waals surface area contributed by atoms with E-state index in [0.717, 1.165) is 0 Å². The quantitative estimate of drug-likeness (QED) is 0.486. The number of hydrogen-bond acceptors (Lipinski definition) is 4. The molecule has 1 aliphatic heterocycles. The van der Waals surface area contributed by atoms with Crippen LogP contribution in [0.5, 0.6) is 0 Å². The van der Waals surface area contributed by atoms with Crippen LogP contribution in [-0.2, 0) is 15.1 Å². The third-order valence-corrected chi connectivity index (χ3v) is 4.19. The van der Waals surface area contributed by atoms with E-state index in [2.05, 4.69) is 5.32 Å². The van der Waals surface area contributed by atoms with E-state index in [4.69, 9.17) is 0 Å².